The molecule has 0 unspecified atom stereocenters. The summed E-state index contributed by atoms with van der Waals surface area (Å²) in [5.74, 6) is 1.65. The maximum absolute atomic E-state index is 2.48. The van der Waals surface area contributed by atoms with Gasteiger partial charge in [-0.2, -0.15) is 0 Å². The predicted molar refractivity (Wildman–Crippen MR) is 89.2 cm³/mol. The lowest BCUT2D eigenvalue weighted by Gasteiger charge is -2.27. The third-order valence-corrected chi connectivity index (χ3v) is 4.63. The third kappa shape index (κ3) is 4.51. The Kier molecular flexibility index (Phi) is 6.36. The summed E-state index contributed by atoms with van der Waals surface area (Å²) >= 11 is 0. The van der Waals surface area contributed by atoms with Crippen LogP contribution in [0.3, 0.4) is 0 Å². The highest BCUT2D eigenvalue weighted by molar-refractivity contribution is 5.26. The van der Waals surface area contributed by atoms with Crippen LogP contribution in [0.1, 0.15) is 75.8 Å². The molecule has 0 bridgehead atoms. The monoisotopic (exact) mass is 270 g/mol. The van der Waals surface area contributed by atoms with Crippen LogP contribution < -0.4 is 0 Å². The highest BCUT2D eigenvalue weighted by Gasteiger charge is 2.20. The van der Waals surface area contributed by atoms with Crippen molar-refractivity contribution in [2.45, 2.75) is 71.1 Å². The van der Waals surface area contributed by atoms with E-state index in [2.05, 4.69) is 50.3 Å². The fraction of sp³-hybridized carbons (Fsp3) is 0.600. The highest BCUT2D eigenvalue weighted by Crippen LogP contribution is 2.36. The van der Waals surface area contributed by atoms with Crippen molar-refractivity contribution in [2.75, 3.05) is 0 Å². The molecule has 0 saturated heterocycles. The van der Waals surface area contributed by atoms with Crippen LogP contribution in [-0.4, -0.2) is 0 Å². The van der Waals surface area contributed by atoms with Crippen molar-refractivity contribution in [3.8, 4) is 0 Å². The maximum Gasteiger partial charge on any atom is -0.0162 e. The van der Waals surface area contributed by atoms with Gasteiger partial charge in [0.25, 0.3) is 0 Å². The molecule has 0 amide bonds. The normalized spacial score (nSPS) is 23.3. The van der Waals surface area contributed by atoms with Crippen molar-refractivity contribution in [2.24, 2.45) is 5.92 Å². The van der Waals surface area contributed by atoms with Gasteiger partial charge >= 0.3 is 0 Å². The van der Waals surface area contributed by atoms with E-state index >= 15 is 0 Å². The van der Waals surface area contributed by atoms with Gasteiger partial charge in [0.05, 0.1) is 0 Å². The summed E-state index contributed by atoms with van der Waals surface area (Å²) in [4.78, 5) is 0. The first-order valence-corrected chi connectivity index (χ1v) is 8.59. The van der Waals surface area contributed by atoms with E-state index in [1.165, 1.54) is 56.9 Å². The largest absolute Gasteiger partial charge is 0.0883 e. The van der Waals surface area contributed by atoms with E-state index in [1.807, 2.05) is 0 Å². The molecular formula is C20H30. The number of hydrogen-bond acceptors (Lipinski definition) is 0. The molecule has 0 atom stereocenters. The van der Waals surface area contributed by atoms with Gasteiger partial charge in [-0.15, -0.1) is 0 Å². The van der Waals surface area contributed by atoms with Crippen molar-refractivity contribution < 1.29 is 0 Å². The number of rotatable bonds is 6. The molecule has 1 aromatic carbocycles. The lowest BCUT2D eigenvalue weighted by atomic mass is 9.78. The minimum atomic E-state index is 0.807. The molecule has 110 valence electrons. The molecule has 0 aliphatic heterocycles. The second-order valence-electron chi connectivity index (χ2n) is 6.32. The molecule has 20 heavy (non-hydrogen) atoms. The van der Waals surface area contributed by atoms with E-state index in [9.17, 15) is 0 Å². The second kappa shape index (κ2) is 8.29. The summed E-state index contributed by atoms with van der Waals surface area (Å²) in [6.07, 6.45) is 15.3. The summed E-state index contributed by atoms with van der Waals surface area (Å²) < 4.78 is 0. The van der Waals surface area contributed by atoms with Crippen LogP contribution in [-0.2, 0) is 6.42 Å². The van der Waals surface area contributed by atoms with E-state index in [0.717, 1.165) is 11.8 Å². The van der Waals surface area contributed by atoms with E-state index in [4.69, 9.17) is 0 Å². The van der Waals surface area contributed by atoms with Crippen LogP contribution in [0.2, 0.25) is 0 Å². The maximum atomic E-state index is 2.48. The van der Waals surface area contributed by atoms with Gasteiger partial charge in [0.15, 0.2) is 0 Å². The number of aryl methyl sites for hydroxylation is 1. The van der Waals surface area contributed by atoms with Crippen LogP contribution >= 0.6 is 0 Å². The van der Waals surface area contributed by atoms with E-state index in [0.29, 0.717) is 0 Å². The van der Waals surface area contributed by atoms with Crippen LogP contribution in [0.5, 0.6) is 0 Å². The zero-order chi connectivity index (χ0) is 14.2. The Balaban J connectivity index is 1.83. The summed E-state index contributed by atoms with van der Waals surface area (Å²) in [7, 11) is 0. The predicted octanol–water partition coefficient (Wildman–Crippen LogP) is 6.27. The molecule has 1 fully saturated rings. The Bertz CT molecular complexity index is 391. The summed E-state index contributed by atoms with van der Waals surface area (Å²) in [6.45, 7) is 4.50. The molecular weight excluding hydrogens is 240 g/mol. The van der Waals surface area contributed by atoms with Gasteiger partial charge in [0, 0.05) is 0 Å². The Morgan fingerprint density at radius 3 is 2.25 bits per heavy atom. The number of unbranched alkanes of at least 4 members (excludes halogenated alkanes) is 1. The molecule has 0 N–H and O–H groups in total. The van der Waals surface area contributed by atoms with Gasteiger partial charge in [0.2, 0.25) is 0 Å². The molecule has 1 saturated carbocycles. The van der Waals surface area contributed by atoms with Gasteiger partial charge in [-0.1, -0.05) is 63.1 Å². The zero-order valence-electron chi connectivity index (χ0n) is 13.3. The Morgan fingerprint density at radius 2 is 1.65 bits per heavy atom. The average Bonchev–Trinajstić information content (AvgIpc) is 2.49. The van der Waals surface area contributed by atoms with Crippen LogP contribution in [0.25, 0.3) is 0 Å². The number of allylic oxidation sites excluding steroid dienone is 2. The van der Waals surface area contributed by atoms with Crippen molar-refractivity contribution in [1.29, 1.82) is 0 Å². The van der Waals surface area contributed by atoms with Crippen LogP contribution in [0, 0.1) is 5.92 Å². The number of hydrogen-bond donors (Lipinski definition) is 0. The lowest BCUT2D eigenvalue weighted by Crippen LogP contribution is -2.11. The first-order chi connectivity index (χ1) is 9.83. The minimum Gasteiger partial charge on any atom is -0.0883 e. The molecule has 0 nitrogen and oxygen atoms in total. The topological polar surface area (TPSA) is 0 Å². The first kappa shape index (κ1) is 15.4. The molecule has 1 aromatic rings. The molecule has 0 heteroatoms. The van der Waals surface area contributed by atoms with Crippen LogP contribution in [0.15, 0.2) is 36.4 Å². The van der Waals surface area contributed by atoms with Gasteiger partial charge in [-0.3, -0.25) is 0 Å². The molecule has 0 aromatic heterocycles. The first-order valence-electron chi connectivity index (χ1n) is 8.59. The van der Waals surface area contributed by atoms with Crippen LogP contribution in [0.4, 0.5) is 0 Å². The summed E-state index contributed by atoms with van der Waals surface area (Å²) in [5.41, 5.74) is 3.06. The molecule has 0 spiro atoms. The SMILES string of the molecule is CCC/C=C/[C@H]1CC[C@H](c2ccc(CCC)cc2)CC1. The zero-order valence-corrected chi connectivity index (χ0v) is 13.3. The van der Waals surface area contributed by atoms with Crippen molar-refractivity contribution in [3.05, 3.63) is 47.5 Å². The summed E-state index contributed by atoms with van der Waals surface area (Å²) in [6, 6.07) is 9.43. The fourth-order valence-electron chi connectivity index (χ4n) is 3.35. The smallest absolute Gasteiger partial charge is 0.0162 e. The Morgan fingerprint density at radius 1 is 0.950 bits per heavy atom. The molecule has 0 radical (unpaired) electrons. The molecule has 0 heterocycles. The second-order valence-corrected chi connectivity index (χ2v) is 6.32. The molecule has 1 aliphatic rings. The van der Waals surface area contributed by atoms with E-state index in [-0.39, 0.29) is 0 Å². The Hall–Kier alpha value is -1.04. The van der Waals surface area contributed by atoms with Crippen molar-refractivity contribution >= 4 is 0 Å². The fourth-order valence-corrected chi connectivity index (χ4v) is 3.35. The van der Waals surface area contributed by atoms with Gasteiger partial charge in [-0.25, -0.2) is 0 Å². The Labute approximate surface area is 125 Å². The molecule has 2 rings (SSSR count). The minimum absolute atomic E-state index is 0.807. The summed E-state index contributed by atoms with van der Waals surface area (Å²) in [5, 5.41) is 0. The molecule has 1 aliphatic carbocycles. The van der Waals surface area contributed by atoms with E-state index < -0.39 is 0 Å². The van der Waals surface area contributed by atoms with Gasteiger partial charge in [-0.05, 0) is 61.5 Å². The highest BCUT2D eigenvalue weighted by atomic mass is 14.3. The lowest BCUT2D eigenvalue weighted by molar-refractivity contribution is 0.375. The standard InChI is InChI=1S/C20H30/c1-3-5-6-8-18-11-15-20(16-12-18)19-13-9-17(7-4-2)10-14-19/h6,8-10,13-14,18,20H,3-5,7,11-12,15-16H2,1-2H3/b8-6+/t18-,20-. The quantitative estimate of drug-likeness (QED) is 0.534. The van der Waals surface area contributed by atoms with Gasteiger partial charge < -0.3 is 0 Å². The average molecular weight is 270 g/mol. The van der Waals surface area contributed by atoms with Crippen molar-refractivity contribution in [1.82, 2.24) is 0 Å². The van der Waals surface area contributed by atoms with Gasteiger partial charge in [0.1, 0.15) is 0 Å². The third-order valence-electron chi connectivity index (χ3n) is 4.63. The van der Waals surface area contributed by atoms with Crippen molar-refractivity contribution in [3.63, 3.8) is 0 Å². The number of benzene rings is 1. The van der Waals surface area contributed by atoms with E-state index in [1.54, 1.807) is 5.56 Å².